The maximum atomic E-state index is 3.68. The van der Waals surface area contributed by atoms with E-state index in [-0.39, 0.29) is 0 Å². The monoisotopic (exact) mass is 249 g/mol. The molecule has 0 spiro atoms. The van der Waals surface area contributed by atoms with Gasteiger partial charge in [-0.3, -0.25) is 0 Å². The van der Waals surface area contributed by atoms with Gasteiger partial charge in [0.25, 0.3) is 0 Å². The van der Waals surface area contributed by atoms with Crippen LogP contribution in [0.1, 0.15) is 6.42 Å². The fourth-order valence-corrected chi connectivity index (χ4v) is 3.34. The summed E-state index contributed by atoms with van der Waals surface area (Å²) in [5, 5.41) is 3.58. The lowest BCUT2D eigenvalue weighted by molar-refractivity contribution is 0.482. The molecule has 3 unspecified atom stereocenters. The third kappa shape index (κ3) is 1.13. The van der Waals surface area contributed by atoms with Gasteiger partial charge in [0.15, 0.2) is 0 Å². The first kappa shape index (κ1) is 8.54. The fraction of sp³-hybridized carbons (Fsp3) is 0.333. The maximum Gasteiger partial charge on any atom is 0.0524 e. The molecule has 3 atom stereocenters. The summed E-state index contributed by atoms with van der Waals surface area (Å²) in [5.41, 5.74) is 1.40. The highest BCUT2D eigenvalue weighted by molar-refractivity contribution is 9.11. The zero-order valence-corrected chi connectivity index (χ0v) is 9.37. The minimum Gasteiger partial charge on any atom is -0.381 e. The molecule has 0 aromatic heterocycles. The maximum absolute atomic E-state index is 3.68. The molecule has 0 amide bonds. The highest BCUT2D eigenvalue weighted by Crippen LogP contribution is 2.43. The van der Waals surface area contributed by atoms with Crippen LogP contribution in [-0.4, -0.2) is 6.04 Å². The number of rotatable bonds is 0. The molecule has 1 fully saturated rings. The van der Waals surface area contributed by atoms with Crippen molar-refractivity contribution in [2.45, 2.75) is 12.5 Å². The lowest BCUT2D eigenvalue weighted by Crippen LogP contribution is -2.26. The van der Waals surface area contributed by atoms with Crippen LogP contribution >= 0.6 is 15.9 Å². The van der Waals surface area contributed by atoms with Crippen molar-refractivity contribution in [2.75, 3.05) is 0 Å². The second-order valence-corrected chi connectivity index (χ2v) is 4.94. The van der Waals surface area contributed by atoms with Gasteiger partial charge in [-0.05, 0) is 12.5 Å². The zero-order valence-electron chi connectivity index (χ0n) is 7.78. The molecule has 1 aliphatic heterocycles. The van der Waals surface area contributed by atoms with Gasteiger partial charge in [0.1, 0.15) is 0 Å². The van der Waals surface area contributed by atoms with E-state index < -0.39 is 0 Å². The number of hydrogen-bond donors (Lipinski definition) is 1. The SMILES string of the molecule is BrC1=CC=CC2NC3=CC=CCC3C12. The molecule has 0 saturated carbocycles. The summed E-state index contributed by atoms with van der Waals surface area (Å²) in [5.74, 6) is 1.26. The molecule has 2 aliphatic carbocycles. The molecular weight excluding hydrogens is 238 g/mol. The first-order chi connectivity index (χ1) is 6.86. The van der Waals surface area contributed by atoms with Crippen molar-refractivity contribution < 1.29 is 0 Å². The smallest absolute Gasteiger partial charge is 0.0524 e. The molecule has 2 heteroatoms. The summed E-state index contributed by atoms with van der Waals surface area (Å²) in [6, 6.07) is 0.491. The molecule has 1 heterocycles. The first-order valence-corrected chi connectivity index (χ1v) is 5.83. The van der Waals surface area contributed by atoms with Crippen LogP contribution in [0, 0.1) is 11.8 Å². The van der Waals surface area contributed by atoms with Gasteiger partial charge >= 0.3 is 0 Å². The summed E-state index contributed by atoms with van der Waals surface area (Å²) in [7, 11) is 0. The van der Waals surface area contributed by atoms with Crippen LogP contribution in [0.3, 0.4) is 0 Å². The van der Waals surface area contributed by atoms with Gasteiger partial charge in [-0.25, -0.2) is 0 Å². The van der Waals surface area contributed by atoms with Crippen molar-refractivity contribution in [3.05, 3.63) is 46.6 Å². The molecule has 0 radical (unpaired) electrons. The van der Waals surface area contributed by atoms with Crippen LogP contribution < -0.4 is 5.32 Å². The van der Waals surface area contributed by atoms with E-state index in [4.69, 9.17) is 0 Å². The van der Waals surface area contributed by atoms with Gasteiger partial charge in [-0.2, -0.15) is 0 Å². The number of allylic oxidation sites excluding steroid dienone is 6. The molecule has 72 valence electrons. The van der Waals surface area contributed by atoms with Crippen molar-refractivity contribution in [3.63, 3.8) is 0 Å². The molecule has 3 aliphatic rings. The predicted octanol–water partition coefficient (Wildman–Crippen LogP) is 2.88. The van der Waals surface area contributed by atoms with E-state index in [1.165, 1.54) is 10.2 Å². The lowest BCUT2D eigenvalue weighted by atomic mass is 9.83. The number of fused-ring (bicyclic) bond motifs is 3. The second kappa shape index (κ2) is 3.13. The summed E-state index contributed by atoms with van der Waals surface area (Å²) < 4.78 is 1.33. The molecule has 14 heavy (non-hydrogen) atoms. The van der Waals surface area contributed by atoms with E-state index in [1.54, 1.807) is 0 Å². The van der Waals surface area contributed by atoms with E-state index in [1.807, 2.05) is 0 Å². The Hall–Kier alpha value is -0.760. The third-order valence-electron chi connectivity index (χ3n) is 3.25. The Labute approximate surface area is 92.4 Å². The minimum atomic E-state index is 0.491. The molecular formula is C12H12BrN. The first-order valence-electron chi connectivity index (χ1n) is 5.03. The van der Waals surface area contributed by atoms with Gasteiger partial charge in [-0.15, -0.1) is 0 Å². The van der Waals surface area contributed by atoms with Crippen molar-refractivity contribution in [1.29, 1.82) is 0 Å². The molecule has 3 rings (SSSR count). The molecule has 1 saturated heterocycles. The summed E-state index contributed by atoms with van der Waals surface area (Å²) in [6.07, 6.45) is 14.3. The van der Waals surface area contributed by atoms with Gasteiger partial charge in [-0.1, -0.05) is 46.3 Å². The van der Waals surface area contributed by atoms with Gasteiger partial charge < -0.3 is 5.32 Å². The van der Waals surface area contributed by atoms with Crippen molar-refractivity contribution in [2.24, 2.45) is 11.8 Å². The predicted molar refractivity (Wildman–Crippen MR) is 61.9 cm³/mol. The molecule has 0 bridgehead atoms. The van der Waals surface area contributed by atoms with E-state index in [2.05, 4.69) is 57.7 Å². The van der Waals surface area contributed by atoms with Gasteiger partial charge in [0.05, 0.1) is 6.04 Å². The summed E-state index contributed by atoms with van der Waals surface area (Å²) in [4.78, 5) is 0. The largest absolute Gasteiger partial charge is 0.381 e. The van der Waals surface area contributed by atoms with Crippen LogP contribution in [-0.2, 0) is 0 Å². The van der Waals surface area contributed by atoms with Crippen LogP contribution in [0.2, 0.25) is 0 Å². The Morgan fingerprint density at radius 3 is 3.14 bits per heavy atom. The zero-order chi connectivity index (χ0) is 9.54. The second-order valence-electron chi connectivity index (χ2n) is 4.02. The number of halogens is 1. The Morgan fingerprint density at radius 1 is 1.29 bits per heavy atom. The lowest BCUT2D eigenvalue weighted by Gasteiger charge is -2.23. The van der Waals surface area contributed by atoms with E-state index >= 15 is 0 Å². The minimum absolute atomic E-state index is 0.491. The van der Waals surface area contributed by atoms with Gasteiger partial charge in [0, 0.05) is 22.0 Å². The quantitative estimate of drug-likeness (QED) is 0.697. The van der Waals surface area contributed by atoms with Crippen molar-refractivity contribution >= 4 is 15.9 Å². The summed E-state index contributed by atoms with van der Waals surface area (Å²) >= 11 is 3.68. The molecule has 1 nitrogen and oxygen atoms in total. The highest BCUT2D eigenvalue weighted by Gasteiger charge is 2.40. The van der Waals surface area contributed by atoms with Crippen LogP contribution in [0.25, 0.3) is 0 Å². The van der Waals surface area contributed by atoms with Crippen LogP contribution in [0.15, 0.2) is 46.6 Å². The number of nitrogens with one attached hydrogen (secondary N) is 1. The Kier molecular flexibility index (Phi) is 1.91. The standard InChI is InChI=1S/C12H12BrN/c13-9-5-3-7-11-12(9)8-4-1-2-6-10(8)14-11/h1-3,5-8,11-12,14H,4H2. The van der Waals surface area contributed by atoms with Gasteiger partial charge in [0.2, 0.25) is 0 Å². The summed E-state index contributed by atoms with van der Waals surface area (Å²) in [6.45, 7) is 0. The fourth-order valence-electron chi connectivity index (χ4n) is 2.59. The Balaban J connectivity index is 1.99. The van der Waals surface area contributed by atoms with Crippen LogP contribution in [0.5, 0.6) is 0 Å². The Morgan fingerprint density at radius 2 is 2.21 bits per heavy atom. The van der Waals surface area contributed by atoms with Crippen LogP contribution in [0.4, 0.5) is 0 Å². The van der Waals surface area contributed by atoms with Crippen molar-refractivity contribution in [3.8, 4) is 0 Å². The normalized spacial score (nSPS) is 38.2. The van der Waals surface area contributed by atoms with E-state index in [9.17, 15) is 0 Å². The number of hydrogen-bond acceptors (Lipinski definition) is 1. The average Bonchev–Trinajstić information content (AvgIpc) is 2.57. The Bertz CT molecular complexity index is 376. The molecule has 0 aromatic rings. The topological polar surface area (TPSA) is 12.0 Å². The van der Waals surface area contributed by atoms with E-state index in [0.717, 1.165) is 6.42 Å². The molecule has 0 aromatic carbocycles. The molecule has 1 N–H and O–H groups in total. The average molecular weight is 250 g/mol. The highest BCUT2D eigenvalue weighted by atomic mass is 79.9. The third-order valence-corrected chi connectivity index (χ3v) is 4.04. The van der Waals surface area contributed by atoms with E-state index in [0.29, 0.717) is 17.9 Å². The van der Waals surface area contributed by atoms with Crippen molar-refractivity contribution in [1.82, 2.24) is 5.32 Å².